The van der Waals surface area contributed by atoms with Gasteiger partial charge in [0.05, 0.1) is 6.61 Å². The Labute approximate surface area is 107 Å². The summed E-state index contributed by atoms with van der Waals surface area (Å²) >= 11 is 6.22. The number of nitrogens with zero attached hydrogens (tertiary/aromatic N) is 4. The number of hydrogen-bond donors (Lipinski definition) is 1. The average molecular weight is 271 g/mol. The van der Waals surface area contributed by atoms with Crippen LogP contribution in [0.1, 0.15) is 6.92 Å². The second kappa shape index (κ2) is 4.80. The highest BCUT2D eigenvalue weighted by Crippen LogP contribution is 2.27. The first-order chi connectivity index (χ1) is 8.15. The van der Waals surface area contributed by atoms with E-state index in [1.807, 2.05) is 0 Å². The predicted octanol–water partition coefficient (Wildman–Crippen LogP) is 0.157. The van der Waals surface area contributed by atoms with Crippen molar-refractivity contribution in [1.29, 1.82) is 5.41 Å². The molecule has 0 radical (unpaired) electrons. The van der Waals surface area contributed by atoms with E-state index in [9.17, 15) is 4.79 Å². The number of amidine groups is 1. The highest BCUT2D eigenvalue weighted by atomic mass is 32.2. The minimum atomic E-state index is -0.718. The molecule has 1 atom stereocenters. The molecule has 0 spiro atoms. The summed E-state index contributed by atoms with van der Waals surface area (Å²) in [4.78, 5) is 11.6. The van der Waals surface area contributed by atoms with Gasteiger partial charge in [-0.3, -0.25) is 10.2 Å². The fourth-order valence-electron chi connectivity index (χ4n) is 1.31. The van der Waals surface area contributed by atoms with Crippen LogP contribution in [0.15, 0.2) is 12.7 Å². The Balaban J connectivity index is 2.20. The van der Waals surface area contributed by atoms with Crippen molar-refractivity contribution in [2.75, 3.05) is 11.6 Å². The number of thioether (sulfide) groups is 1. The molecule has 1 aromatic heterocycles. The minimum absolute atomic E-state index is 0.0539. The molecule has 9 heteroatoms. The second-order valence-electron chi connectivity index (χ2n) is 3.05. The largest absolute Gasteiger partial charge is 0.465 e. The number of thiocarbonyl (C=S) groups is 1. The molecule has 2 heterocycles. The van der Waals surface area contributed by atoms with Crippen molar-refractivity contribution in [2.45, 2.75) is 12.2 Å². The van der Waals surface area contributed by atoms with Crippen LogP contribution in [0.4, 0.5) is 0 Å². The summed E-state index contributed by atoms with van der Waals surface area (Å²) in [6, 6.07) is 0. The summed E-state index contributed by atoms with van der Waals surface area (Å²) in [6.07, 6.45) is 2.82. The molecular formula is C8H9N5O2S2. The van der Waals surface area contributed by atoms with E-state index in [0.717, 1.165) is 11.8 Å². The first-order valence-corrected chi connectivity index (χ1v) is 6.04. The van der Waals surface area contributed by atoms with Crippen molar-refractivity contribution >= 4 is 40.1 Å². The maximum absolute atomic E-state index is 11.6. The monoisotopic (exact) mass is 271 g/mol. The molecule has 0 aliphatic carbocycles. The van der Waals surface area contributed by atoms with Crippen molar-refractivity contribution in [2.24, 2.45) is 0 Å². The average Bonchev–Trinajstić information content (AvgIpc) is 2.87. The molecular weight excluding hydrogens is 262 g/mol. The normalized spacial score (nSPS) is 19.8. The summed E-state index contributed by atoms with van der Waals surface area (Å²) in [5.74, 6) is -0.404. The molecule has 0 bridgehead atoms. The van der Waals surface area contributed by atoms with Crippen LogP contribution in [-0.2, 0) is 9.53 Å². The van der Waals surface area contributed by atoms with E-state index in [-0.39, 0.29) is 12.4 Å². The summed E-state index contributed by atoms with van der Waals surface area (Å²) in [7, 11) is 0. The van der Waals surface area contributed by atoms with E-state index >= 15 is 0 Å². The zero-order valence-corrected chi connectivity index (χ0v) is 10.5. The van der Waals surface area contributed by atoms with Crippen LogP contribution >= 0.6 is 24.0 Å². The Morgan fingerprint density at radius 3 is 2.88 bits per heavy atom. The third-order valence-corrected chi connectivity index (χ3v) is 3.49. The Morgan fingerprint density at radius 2 is 2.29 bits per heavy atom. The summed E-state index contributed by atoms with van der Waals surface area (Å²) in [5.41, 5.74) is 0. The van der Waals surface area contributed by atoms with E-state index < -0.39 is 11.2 Å². The van der Waals surface area contributed by atoms with Gasteiger partial charge >= 0.3 is 5.97 Å². The number of nitrogens with one attached hydrogen (secondary N) is 1. The van der Waals surface area contributed by atoms with Crippen molar-refractivity contribution in [3.63, 3.8) is 0 Å². The number of aromatic nitrogens is 3. The van der Waals surface area contributed by atoms with Gasteiger partial charge in [-0.2, -0.15) is 0 Å². The highest BCUT2D eigenvalue weighted by Gasteiger charge is 2.40. The molecule has 1 fully saturated rings. The van der Waals surface area contributed by atoms with Crippen LogP contribution in [0.5, 0.6) is 0 Å². The van der Waals surface area contributed by atoms with Crippen molar-refractivity contribution in [3.05, 3.63) is 12.7 Å². The second-order valence-corrected chi connectivity index (χ2v) is 4.79. The molecule has 1 saturated heterocycles. The van der Waals surface area contributed by atoms with Gasteiger partial charge in [0.1, 0.15) is 18.5 Å². The molecule has 0 amide bonds. The lowest BCUT2D eigenvalue weighted by molar-refractivity contribution is -0.141. The smallest absolute Gasteiger partial charge is 0.327 e. The third kappa shape index (κ3) is 2.15. The van der Waals surface area contributed by atoms with E-state index in [1.54, 1.807) is 6.92 Å². The summed E-state index contributed by atoms with van der Waals surface area (Å²) in [6.45, 7) is 2.00. The molecule has 0 saturated carbocycles. The Hall–Kier alpha value is -1.48. The van der Waals surface area contributed by atoms with Crippen molar-refractivity contribution < 1.29 is 9.53 Å². The number of ether oxygens (including phenoxy) is 1. The van der Waals surface area contributed by atoms with Gasteiger partial charge in [-0.05, 0) is 6.92 Å². The molecule has 17 heavy (non-hydrogen) atoms. The number of hydrogen-bond acceptors (Lipinski definition) is 7. The molecule has 1 aromatic rings. The van der Waals surface area contributed by atoms with Gasteiger partial charge in [0, 0.05) is 0 Å². The number of carbonyl (C=O) groups excluding carboxylic acids is 1. The van der Waals surface area contributed by atoms with E-state index in [4.69, 9.17) is 22.4 Å². The van der Waals surface area contributed by atoms with Crippen LogP contribution in [0.25, 0.3) is 0 Å². The molecule has 1 aliphatic rings. The third-order valence-electron chi connectivity index (χ3n) is 2.01. The van der Waals surface area contributed by atoms with Gasteiger partial charge in [0.25, 0.3) is 0 Å². The minimum Gasteiger partial charge on any atom is -0.465 e. The van der Waals surface area contributed by atoms with Crippen LogP contribution in [0.2, 0.25) is 0 Å². The van der Waals surface area contributed by atoms with Crippen molar-refractivity contribution in [1.82, 2.24) is 14.9 Å². The summed E-state index contributed by atoms with van der Waals surface area (Å²) < 4.78 is 6.73. The molecule has 1 N–H and O–H groups in total. The zero-order chi connectivity index (χ0) is 12.4. The first-order valence-electron chi connectivity index (χ1n) is 4.76. The molecule has 1 aliphatic heterocycles. The van der Waals surface area contributed by atoms with Crippen LogP contribution in [0, 0.1) is 5.41 Å². The Kier molecular flexibility index (Phi) is 3.38. The van der Waals surface area contributed by atoms with E-state index in [1.165, 1.54) is 22.3 Å². The lowest BCUT2D eigenvalue weighted by atomic mass is 10.4. The number of esters is 1. The lowest BCUT2D eigenvalue weighted by Gasteiger charge is -2.16. The van der Waals surface area contributed by atoms with Crippen LogP contribution < -0.4 is 5.01 Å². The van der Waals surface area contributed by atoms with Gasteiger partial charge in [-0.1, -0.05) is 24.0 Å². The topological polar surface area (TPSA) is 84.1 Å². The zero-order valence-electron chi connectivity index (χ0n) is 8.86. The van der Waals surface area contributed by atoms with Crippen LogP contribution in [0.3, 0.4) is 0 Å². The van der Waals surface area contributed by atoms with E-state index in [0.29, 0.717) is 4.32 Å². The maximum atomic E-state index is 11.6. The molecule has 2 rings (SSSR count). The van der Waals surface area contributed by atoms with Crippen LogP contribution in [-0.4, -0.2) is 42.9 Å². The number of carbonyl (C=O) groups is 1. The molecule has 0 unspecified atom stereocenters. The number of rotatable bonds is 3. The summed E-state index contributed by atoms with van der Waals surface area (Å²) in [5, 5.41) is 15.9. The van der Waals surface area contributed by atoms with E-state index in [2.05, 4.69) is 10.2 Å². The molecule has 90 valence electrons. The van der Waals surface area contributed by atoms with Gasteiger partial charge in [0.2, 0.25) is 0 Å². The van der Waals surface area contributed by atoms with Gasteiger partial charge in [-0.15, -0.1) is 10.2 Å². The maximum Gasteiger partial charge on any atom is 0.327 e. The fraction of sp³-hybridized carbons (Fsp3) is 0.375. The first kappa shape index (κ1) is 12.0. The molecule has 0 aromatic carbocycles. The van der Waals surface area contributed by atoms with Gasteiger partial charge in [0.15, 0.2) is 9.57 Å². The SMILES string of the molecule is CCOC(=O)[C@H]1SC(=S)N(n2cnnc2)C1=N. The van der Waals surface area contributed by atoms with Crippen molar-refractivity contribution in [3.8, 4) is 0 Å². The quantitative estimate of drug-likeness (QED) is 0.619. The standard InChI is InChI=1S/C8H9N5O2S2/c1-2-15-7(14)5-6(9)13(8(16)17-5)12-3-10-11-4-12/h3-5,9H,2H2,1H3/t5-/m0/s1. The lowest BCUT2D eigenvalue weighted by Crippen LogP contribution is -2.41. The fourth-order valence-corrected chi connectivity index (χ4v) is 2.66. The Bertz CT molecular complexity index is 460. The van der Waals surface area contributed by atoms with Gasteiger partial charge < -0.3 is 4.74 Å². The molecule has 7 nitrogen and oxygen atoms in total. The highest BCUT2D eigenvalue weighted by molar-refractivity contribution is 8.25. The Morgan fingerprint density at radius 1 is 1.65 bits per heavy atom. The van der Waals surface area contributed by atoms with Gasteiger partial charge in [-0.25, -0.2) is 9.69 Å². The predicted molar refractivity (Wildman–Crippen MR) is 66.6 cm³/mol.